The highest BCUT2D eigenvalue weighted by molar-refractivity contribution is 6.11. The molecule has 0 radical (unpaired) electrons. The summed E-state index contributed by atoms with van der Waals surface area (Å²) in [6.07, 6.45) is 5.42. The van der Waals surface area contributed by atoms with Gasteiger partial charge in [0.15, 0.2) is 11.5 Å². The van der Waals surface area contributed by atoms with Crippen LogP contribution in [0.15, 0.2) is 69.8 Å². The largest absolute Gasteiger partial charge is 0.504 e. The van der Waals surface area contributed by atoms with Gasteiger partial charge in [-0.25, -0.2) is 0 Å². The molecule has 1 unspecified atom stereocenters. The third kappa shape index (κ3) is 2.65. The number of Topliss-reactive ketones (excluding diaryl/α,β-unsaturated/α-hetero) is 2. The fourth-order valence-electron chi connectivity index (χ4n) is 4.14. The molecule has 0 amide bonds. The molecule has 0 saturated heterocycles. The van der Waals surface area contributed by atoms with Crippen LogP contribution in [-0.2, 0) is 19.1 Å². The molecule has 0 heterocycles. The maximum absolute atomic E-state index is 12.9. The Hall–Kier alpha value is -2.95. The second-order valence-electron chi connectivity index (χ2n) is 7.29. The van der Waals surface area contributed by atoms with E-state index in [4.69, 9.17) is 4.74 Å². The molecule has 0 fully saturated rings. The SMILES string of the molecule is C=CCC1=C(OC(C)=O)C2=CC=C3C(C)=C(C)C(=O)CC3(C)C2=C(O)C1=O. The number of ether oxygens (including phenoxy) is 1. The van der Waals surface area contributed by atoms with Gasteiger partial charge in [0.25, 0.3) is 0 Å². The number of aliphatic hydroxyl groups is 1. The second-order valence-corrected chi connectivity index (χ2v) is 7.29. The monoisotopic (exact) mass is 366 g/mol. The van der Waals surface area contributed by atoms with Crippen LogP contribution in [0.25, 0.3) is 0 Å². The minimum absolute atomic E-state index is 0.0314. The van der Waals surface area contributed by atoms with Gasteiger partial charge in [0, 0.05) is 29.9 Å². The molecule has 27 heavy (non-hydrogen) atoms. The second kappa shape index (κ2) is 6.34. The molecule has 0 aliphatic heterocycles. The van der Waals surface area contributed by atoms with Gasteiger partial charge in [0.1, 0.15) is 5.76 Å². The minimum atomic E-state index is -0.865. The van der Waals surface area contributed by atoms with E-state index in [1.54, 1.807) is 13.0 Å². The molecule has 3 aliphatic carbocycles. The lowest BCUT2D eigenvalue weighted by atomic mass is 9.59. The van der Waals surface area contributed by atoms with Crippen LogP contribution in [0.5, 0.6) is 0 Å². The van der Waals surface area contributed by atoms with Gasteiger partial charge >= 0.3 is 5.97 Å². The first kappa shape index (κ1) is 18.8. The molecule has 0 aromatic carbocycles. The Morgan fingerprint density at radius 1 is 1.30 bits per heavy atom. The molecule has 3 aliphatic rings. The quantitative estimate of drug-likeness (QED) is 0.604. The molecule has 1 atom stereocenters. The Balaban J connectivity index is 2.32. The Labute approximate surface area is 158 Å². The lowest BCUT2D eigenvalue weighted by Crippen LogP contribution is -2.37. The Morgan fingerprint density at radius 2 is 1.96 bits per heavy atom. The standard InChI is InChI=1S/C22H22O5/c1-6-7-15-19(25)20(26)18-14(21(15)27-13(4)23)8-9-16-11(2)12(3)17(24)10-22(16,18)5/h6,8-9,26H,1,7,10H2,2-5H3. The van der Waals surface area contributed by atoms with Crippen LogP contribution in [0.1, 0.15) is 40.5 Å². The molecule has 0 aromatic heterocycles. The van der Waals surface area contributed by atoms with Crippen molar-refractivity contribution < 1.29 is 24.2 Å². The van der Waals surface area contributed by atoms with E-state index < -0.39 is 22.9 Å². The maximum atomic E-state index is 12.9. The van der Waals surface area contributed by atoms with E-state index in [9.17, 15) is 19.5 Å². The number of hydrogen-bond donors (Lipinski definition) is 1. The van der Waals surface area contributed by atoms with E-state index in [2.05, 4.69) is 6.58 Å². The van der Waals surface area contributed by atoms with Crippen molar-refractivity contribution in [1.82, 2.24) is 0 Å². The zero-order valence-corrected chi connectivity index (χ0v) is 15.9. The van der Waals surface area contributed by atoms with E-state index in [0.717, 1.165) is 11.1 Å². The van der Waals surface area contributed by atoms with Crippen molar-refractivity contribution in [2.45, 2.75) is 40.5 Å². The van der Waals surface area contributed by atoms with Crippen LogP contribution in [-0.4, -0.2) is 22.6 Å². The third-order valence-corrected chi connectivity index (χ3v) is 5.57. The summed E-state index contributed by atoms with van der Waals surface area (Å²) in [5, 5.41) is 10.8. The van der Waals surface area contributed by atoms with Crippen molar-refractivity contribution in [1.29, 1.82) is 0 Å². The van der Waals surface area contributed by atoms with Gasteiger partial charge in [-0.3, -0.25) is 14.4 Å². The van der Waals surface area contributed by atoms with Crippen molar-refractivity contribution in [3.63, 3.8) is 0 Å². The van der Waals surface area contributed by atoms with Gasteiger partial charge in [-0.2, -0.15) is 0 Å². The van der Waals surface area contributed by atoms with Gasteiger partial charge in [-0.15, -0.1) is 6.58 Å². The van der Waals surface area contributed by atoms with E-state index in [0.29, 0.717) is 16.7 Å². The average Bonchev–Trinajstić information content (AvgIpc) is 2.59. The Morgan fingerprint density at radius 3 is 2.56 bits per heavy atom. The van der Waals surface area contributed by atoms with Crippen molar-refractivity contribution >= 4 is 17.5 Å². The lowest BCUT2D eigenvalue weighted by Gasteiger charge is -2.43. The maximum Gasteiger partial charge on any atom is 0.308 e. The fraction of sp³-hybridized carbons (Fsp3) is 0.318. The topological polar surface area (TPSA) is 80.7 Å². The summed E-state index contributed by atoms with van der Waals surface area (Å²) in [6.45, 7) is 10.4. The van der Waals surface area contributed by atoms with Crippen molar-refractivity contribution in [2.75, 3.05) is 0 Å². The van der Waals surface area contributed by atoms with Gasteiger partial charge in [0.05, 0.1) is 5.57 Å². The number of carbonyl (C=O) groups excluding carboxylic acids is 3. The van der Waals surface area contributed by atoms with Gasteiger partial charge in [-0.1, -0.05) is 25.2 Å². The molecule has 5 heteroatoms. The first-order chi connectivity index (χ1) is 12.6. The highest BCUT2D eigenvalue weighted by Gasteiger charge is 2.49. The van der Waals surface area contributed by atoms with E-state index in [1.165, 1.54) is 13.0 Å². The number of esters is 1. The number of carbonyl (C=O) groups is 3. The number of allylic oxidation sites excluding steroid dienone is 8. The predicted molar refractivity (Wildman–Crippen MR) is 101 cm³/mol. The number of ketones is 2. The number of hydrogen-bond acceptors (Lipinski definition) is 5. The zero-order chi connectivity index (χ0) is 20.1. The fourth-order valence-corrected chi connectivity index (χ4v) is 4.14. The summed E-state index contributed by atoms with van der Waals surface area (Å²) in [4.78, 5) is 37.1. The first-order valence-corrected chi connectivity index (χ1v) is 8.78. The van der Waals surface area contributed by atoms with Crippen LogP contribution in [0.3, 0.4) is 0 Å². The van der Waals surface area contributed by atoms with Crippen LogP contribution >= 0.6 is 0 Å². The summed E-state index contributed by atoms with van der Waals surface area (Å²) < 4.78 is 5.38. The van der Waals surface area contributed by atoms with E-state index in [-0.39, 0.29) is 30.0 Å². The average molecular weight is 366 g/mol. The summed E-state index contributed by atoms with van der Waals surface area (Å²) in [5.41, 5.74) is 2.52. The number of aliphatic hydroxyl groups excluding tert-OH is 1. The summed E-state index contributed by atoms with van der Waals surface area (Å²) in [6, 6.07) is 0. The predicted octanol–water partition coefficient (Wildman–Crippen LogP) is 3.96. The van der Waals surface area contributed by atoms with Crippen LogP contribution in [0, 0.1) is 5.41 Å². The molecule has 0 spiro atoms. The molecule has 0 saturated carbocycles. The first-order valence-electron chi connectivity index (χ1n) is 8.78. The van der Waals surface area contributed by atoms with Crippen molar-refractivity contribution in [3.05, 3.63) is 69.8 Å². The molecule has 0 bridgehead atoms. The van der Waals surface area contributed by atoms with Crippen molar-refractivity contribution in [2.24, 2.45) is 5.41 Å². The van der Waals surface area contributed by atoms with Gasteiger partial charge in [0.2, 0.25) is 5.78 Å². The normalized spacial score (nSPS) is 25.0. The van der Waals surface area contributed by atoms with E-state index in [1.807, 2.05) is 19.9 Å². The summed E-state index contributed by atoms with van der Waals surface area (Å²) in [5.74, 6) is -1.46. The Bertz CT molecular complexity index is 965. The lowest BCUT2D eigenvalue weighted by molar-refractivity contribution is -0.136. The highest BCUT2D eigenvalue weighted by atomic mass is 16.5. The van der Waals surface area contributed by atoms with Gasteiger partial charge < -0.3 is 9.84 Å². The molecule has 140 valence electrons. The van der Waals surface area contributed by atoms with Crippen LogP contribution in [0.2, 0.25) is 0 Å². The molecule has 5 nitrogen and oxygen atoms in total. The smallest absolute Gasteiger partial charge is 0.308 e. The van der Waals surface area contributed by atoms with E-state index >= 15 is 0 Å². The highest BCUT2D eigenvalue weighted by Crippen LogP contribution is 2.55. The zero-order valence-electron chi connectivity index (χ0n) is 15.9. The molecular weight excluding hydrogens is 344 g/mol. The van der Waals surface area contributed by atoms with Gasteiger partial charge in [-0.05, 0) is 37.0 Å². The molecule has 1 N–H and O–H groups in total. The van der Waals surface area contributed by atoms with Crippen LogP contribution in [0.4, 0.5) is 0 Å². The number of rotatable bonds is 3. The number of fused-ring (bicyclic) bond motifs is 3. The summed E-state index contributed by atoms with van der Waals surface area (Å²) in [7, 11) is 0. The van der Waals surface area contributed by atoms with Crippen LogP contribution < -0.4 is 0 Å². The minimum Gasteiger partial charge on any atom is -0.504 e. The Kier molecular flexibility index (Phi) is 4.42. The molecule has 3 rings (SSSR count). The molecular formula is C22H22O5. The van der Waals surface area contributed by atoms with Crippen molar-refractivity contribution in [3.8, 4) is 0 Å². The third-order valence-electron chi connectivity index (χ3n) is 5.57. The molecule has 0 aromatic rings. The summed E-state index contributed by atoms with van der Waals surface area (Å²) >= 11 is 0.